The van der Waals surface area contributed by atoms with E-state index in [1.165, 1.54) is 5.56 Å². The first-order valence-corrected chi connectivity index (χ1v) is 9.10. The zero-order chi connectivity index (χ0) is 15.0. The lowest BCUT2D eigenvalue weighted by atomic mass is 10.0. The fourth-order valence-corrected chi connectivity index (χ4v) is 4.20. The van der Waals surface area contributed by atoms with Gasteiger partial charge in [0.15, 0.2) is 0 Å². The Hall–Kier alpha value is -0.670. The zero-order valence-electron chi connectivity index (χ0n) is 13.3. The molecule has 0 aliphatic rings. The minimum atomic E-state index is -0.799. The summed E-state index contributed by atoms with van der Waals surface area (Å²) in [7, 11) is -0.799. The molecule has 0 spiro atoms. The van der Waals surface area contributed by atoms with Crippen LogP contribution in [0, 0.1) is 0 Å². The Labute approximate surface area is 126 Å². The lowest BCUT2D eigenvalue weighted by molar-refractivity contribution is 0.492. The molecule has 0 heterocycles. The lowest BCUT2D eigenvalue weighted by Gasteiger charge is -2.29. The van der Waals surface area contributed by atoms with E-state index in [2.05, 4.69) is 57.3 Å². The van der Waals surface area contributed by atoms with Crippen LogP contribution in [0.25, 0.3) is 0 Å². The van der Waals surface area contributed by atoms with E-state index >= 15 is 0 Å². The minimum Gasteiger partial charge on any atom is -0.309 e. The summed E-state index contributed by atoms with van der Waals surface area (Å²) in [5.41, 5.74) is 1.25. The second kappa shape index (κ2) is 9.30. The van der Waals surface area contributed by atoms with E-state index in [0.29, 0.717) is 0 Å². The van der Waals surface area contributed by atoms with Gasteiger partial charge in [-0.25, -0.2) is 0 Å². The van der Waals surface area contributed by atoms with Crippen LogP contribution < -0.4 is 5.32 Å². The van der Waals surface area contributed by atoms with Gasteiger partial charge in [-0.05, 0) is 31.4 Å². The van der Waals surface area contributed by atoms with Gasteiger partial charge in [0, 0.05) is 22.1 Å². The first-order chi connectivity index (χ1) is 9.65. The quantitative estimate of drug-likeness (QED) is 0.744. The number of nitrogens with one attached hydrogen (secondary N) is 1. The first-order valence-electron chi connectivity index (χ1n) is 7.83. The van der Waals surface area contributed by atoms with Gasteiger partial charge in [0.2, 0.25) is 0 Å². The maximum Gasteiger partial charge on any atom is 0.0542 e. The largest absolute Gasteiger partial charge is 0.309 e. The molecular formula is C17H29NOS. The van der Waals surface area contributed by atoms with E-state index in [9.17, 15) is 4.21 Å². The SMILES string of the molecule is CCCNC(c1ccccc1)C(CC)S(=O)C(C)CC. The predicted molar refractivity (Wildman–Crippen MR) is 89.5 cm³/mol. The van der Waals surface area contributed by atoms with Crippen LogP contribution in [0.3, 0.4) is 0 Å². The highest BCUT2D eigenvalue weighted by Gasteiger charge is 2.28. The highest BCUT2D eigenvalue weighted by molar-refractivity contribution is 7.86. The third kappa shape index (κ3) is 4.71. The fraction of sp³-hybridized carbons (Fsp3) is 0.647. The molecule has 20 heavy (non-hydrogen) atoms. The molecule has 0 amide bonds. The molecule has 0 aromatic heterocycles. The molecule has 1 aromatic rings. The standard InChI is InChI=1S/C17H29NOS/c1-5-13-18-17(15-11-9-8-10-12-15)16(7-3)20(19)14(4)6-2/h8-12,14,16-18H,5-7,13H2,1-4H3. The maximum absolute atomic E-state index is 12.8. The van der Waals surface area contributed by atoms with Crippen LogP contribution in [0.1, 0.15) is 58.6 Å². The smallest absolute Gasteiger partial charge is 0.0542 e. The van der Waals surface area contributed by atoms with Crippen LogP contribution in [0.4, 0.5) is 0 Å². The Morgan fingerprint density at radius 3 is 2.25 bits per heavy atom. The van der Waals surface area contributed by atoms with Gasteiger partial charge in [0.05, 0.1) is 5.25 Å². The monoisotopic (exact) mass is 295 g/mol. The van der Waals surface area contributed by atoms with Gasteiger partial charge in [0.1, 0.15) is 0 Å². The Bertz CT molecular complexity index is 393. The van der Waals surface area contributed by atoms with Crippen LogP contribution in [0.15, 0.2) is 30.3 Å². The van der Waals surface area contributed by atoms with Gasteiger partial charge in [-0.1, -0.05) is 58.0 Å². The number of hydrogen-bond donors (Lipinski definition) is 1. The second-order valence-electron chi connectivity index (χ2n) is 5.34. The molecule has 0 aliphatic carbocycles. The molecule has 1 N–H and O–H groups in total. The predicted octanol–water partition coefficient (Wildman–Crippen LogP) is 4.05. The van der Waals surface area contributed by atoms with Crippen molar-refractivity contribution in [2.75, 3.05) is 6.54 Å². The van der Waals surface area contributed by atoms with E-state index < -0.39 is 10.8 Å². The van der Waals surface area contributed by atoms with E-state index in [4.69, 9.17) is 0 Å². The fourth-order valence-electron chi connectivity index (χ4n) is 2.42. The summed E-state index contributed by atoms with van der Waals surface area (Å²) in [6.07, 6.45) is 3.00. The van der Waals surface area contributed by atoms with Crippen LogP contribution in [0.5, 0.6) is 0 Å². The Kier molecular flexibility index (Phi) is 8.08. The Balaban J connectivity index is 2.98. The molecule has 4 unspecified atom stereocenters. The molecule has 2 nitrogen and oxygen atoms in total. The molecule has 1 aromatic carbocycles. The maximum atomic E-state index is 12.8. The summed E-state index contributed by atoms with van der Waals surface area (Å²) in [5, 5.41) is 4.04. The summed E-state index contributed by atoms with van der Waals surface area (Å²) < 4.78 is 12.8. The topological polar surface area (TPSA) is 29.1 Å². The van der Waals surface area contributed by atoms with Gasteiger partial charge >= 0.3 is 0 Å². The number of rotatable bonds is 9. The van der Waals surface area contributed by atoms with Gasteiger partial charge < -0.3 is 5.32 Å². The molecule has 0 saturated heterocycles. The molecular weight excluding hydrogens is 266 g/mol. The normalized spacial score (nSPS) is 17.4. The highest BCUT2D eigenvalue weighted by atomic mass is 32.2. The minimum absolute atomic E-state index is 0.180. The average Bonchev–Trinajstić information content (AvgIpc) is 2.50. The first kappa shape index (κ1) is 17.4. The van der Waals surface area contributed by atoms with E-state index in [-0.39, 0.29) is 16.5 Å². The summed E-state index contributed by atoms with van der Waals surface area (Å²) in [5.74, 6) is 0. The van der Waals surface area contributed by atoms with Crippen molar-refractivity contribution in [3.8, 4) is 0 Å². The third-order valence-electron chi connectivity index (χ3n) is 3.82. The van der Waals surface area contributed by atoms with Crippen molar-refractivity contribution in [2.24, 2.45) is 0 Å². The highest BCUT2D eigenvalue weighted by Crippen LogP contribution is 2.25. The molecule has 1 rings (SSSR count). The van der Waals surface area contributed by atoms with Gasteiger partial charge in [-0.15, -0.1) is 0 Å². The molecule has 0 aliphatic heterocycles. The Morgan fingerprint density at radius 1 is 1.10 bits per heavy atom. The van der Waals surface area contributed by atoms with Crippen molar-refractivity contribution in [1.82, 2.24) is 5.32 Å². The molecule has 114 valence electrons. The zero-order valence-corrected chi connectivity index (χ0v) is 14.1. The number of hydrogen-bond acceptors (Lipinski definition) is 2. The van der Waals surface area contributed by atoms with Crippen molar-refractivity contribution in [3.05, 3.63) is 35.9 Å². The molecule has 4 atom stereocenters. The molecule has 0 radical (unpaired) electrons. The summed E-state index contributed by atoms with van der Waals surface area (Å²) in [4.78, 5) is 0. The molecule has 0 saturated carbocycles. The van der Waals surface area contributed by atoms with Crippen LogP contribution in [-0.2, 0) is 10.8 Å². The van der Waals surface area contributed by atoms with E-state index in [0.717, 1.165) is 25.8 Å². The molecule has 0 bridgehead atoms. The van der Waals surface area contributed by atoms with Crippen LogP contribution in [-0.4, -0.2) is 21.3 Å². The number of benzene rings is 1. The van der Waals surface area contributed by atoms with Gasteiger partial charge in [0.25, 0.3) is 0 Å². The lowest BCUT2D eigenvalue weighted by Crippen LogP contribution is -2.37. The van der Waals surface area contributed by atoms with Crippen molar-refractivity contribution < 1.29 is 4.21 Å². The van der Waals surface area contributed by atoms with E-state index in [1.54, 1.807) is 0 Å². The van der Waals surface area contributed by atoms with Crippen LogP contribution >= 0.6 is 0 Å². The van der Waals surface area contributed by atoms with Crippen molar-refractivity contribution in [3.63, 3.8) is 0 Å². The van der Waals surface area contributed by atoms with Gasteiger partial charge in [-0.2, -0.15) is 0 Å². The average molecular weight is 295 g/mol. The van der Waals surface area contributed by atoms with Crippen molar-refractivity contribution in [1.29, 1.82) is 0 Å². The summed E-state index contributed by atoms with van der Waals surface area (Å²) in [6.45, 7) is 9.50. The second-order valence-corrected chi connectivity index (χ2v) is 7.40. The van der Waals surface area contributed by atoms with Crippen LogP contribution in [0.2, 0.25) is 0 Å². The van der Waals surface area contributed by atoms with Gasteiger partial charge in [-0.3, -0.25) is 4.21 Å². The molecule has 3 heteroatoms. The summed E-state index contributed by atoms with van der Waals surface area (Å²) in [6, 6.07) is 10.6. The van der Waals surface area contributed by atoms with E-state index in [1.807, 2.05) is 6.07 Å². The Morgan fingerprint density at radius 2 is 1.75 bits per heavy atom. The van der Waals surface area contributed by atoms with Crippen molar-refractivity contribution in [2.45, 2.75) is 63.5 Å². The summed E-state index contributed by atoms with van der Waals surface area (Å²) >= 11 is 0. The van der Waals surface area contributed by atoms with Crippen molar-refractivity contribution >= 4 is 10.8 Å². The third-order valence-corrected chi connectivity index (χ3v) is 6.15. The molecule has 0 fully saturated rings.